The van der Waals surface area contributed by atoms with Gasteiger partial charge in [-0.1, -0.05) is 24.6 Å². The van der Waals surface area contributed by atoms with E-state index in [4.69, 9.17) is 9.15 Å². The minimum Gasteiger partial charge on any atom is -0.460 e. The molecule has 4 rings (SSSR count). The van der Waals surface area contributed by atoms with Crippen LogP contribution in [0.25, 0.3) is 11.0 Å². The Morgan fingerprint density at radius 2 is 2.14 bits per heavy atom. The molecule has 0 unspecified atom stereocenters. The van der Waals surface area contributed by atoms with Crippen LogP contribution in [0.1, 0.15) is 25.0 Å². The predicted molar refractivity (Wildman–Crippen MR) is 84.6 cm³/mol. The van der Waals surface area contributed by atoms with E-state index >= 15 is 0 Å². The number of fused-ring (bicyclic) bond motifs is 1. The van der Waals surface area contributed by atoms with E-state index in [0.29, 0.717) is 12.0 Å². The number of rotatable bonds is 3. The fourth-order valence-corrected chi connectivity index (χ4v) is 3.98. The first-order valence-corrected chi connectivity index (χ1v) is 8.28. The molecule has 1 N–H and O–H groups in total. The Balaban J connectivity index is 1.53. The lowest BCUT2D eigenvalue weighted by Crippen LogP contribution is -2.50. The fourth-order valence-electron chi connectivity index (χ4n) is 3.98. The molecule has 3 atom stereocenters. The van der Waals surface area contributed by atoms with Crippen molar-refractivity contribution in [3.63, 3.8) is 0 Å². The van der Waals surface area contributed by atoms with Crippen molar-refractivity contribution in [2.45, 2.75) is 38.0 Å². The maximum atomic E-state index is 10.2. The molecule has 1 saturated heterocycles. The van der Waals surface area contributed by atoms with Crippen LogP contribution >= 0.6 is 0 Å². The van der Waals surface area contributed by atoms with Crippen molar-refractivity contribution in [3.8, 4) is 0 Å². The number of furan rings is 1. The van der Waals surface area contributed by atoms with E-state index in [9.17, 15) is 5.11 Å². The van der Waals surface area contributed by atoms with Gasteiger partial charge in [-0.3, -0.25) is 4.90 Å². The Morgan fingerprint density at radius 1 is 1.23 bits per heavy atom. The van der Waals surface area contributed by atoms with Crippen LogP contribution in [0, 0.1) is 5.92 Å². The molecule has 4 nitrogen and oxygen atoms in total. The first-order chi connectivity index (χ1) is 10.8. The lowest BCUT2D eigenvalue weighted by atomic mass is 9.94. The highest BCUT2D eigenvalue weighted by molar-refractivity contribution is 5.77. The third-order valence-electron chi connectivity index (χ3n) is 5.14. The third-order valence-corrected chi connectivity index (χ3v) is 5.14. The molecule has 1 saturated carbocycles. The first-order valence-electron chi connectivity index (χ1n) is 8.28. The molecule has 22 heavy (non-hydrogen) atoms. The van der Waals surface area contributed by atoms with E-state index in [1.165, 1.54) is 0 Å². The van der Waals surface area contributed by atoms with Crippen molar-refractivity contribution in [3.05, 3.63) is 36.1 Å². The molecule has 1 aliphatic carbocycles. The average molecular weight is 301 g/mol. The number of morpholine rings is 1. The van der Waals surface area contributed by atoms with Crippen LogP contribution in [-0.4, -0.2) is 41.9 Å². The summed E-state index contributed by atoms with van der Waals surface area (Å²) in [7, 11) is 0. The molecule has 4 heteroatoms. The monoisotopic (exact) mass is 301 g/mol. The zero-order chi connectivity index (χ0) is 14.9. The molecule has 0 radical (unpaired) electrons. The molecular weight excluding hydrogens is 278 g/mol. The molecule has 2 fully saturated rings. The maximum Gasteiger partial charge on any atom is 0.134 e. The smallest absolute Gasteiger partial charge is 0.134 e. The Hall–Kier alpha value is -1.36. The number of benzene rings is 1. The van der Waals surface area contributed by atoms with Crippen molar-refractivity contribution < 1.29 is 14.3 Å². The summed E-state index contributed by atoms with van der Waals surface area (Å²) in [6.07, 6.45) is 2.98. The summed E-state index contributed by atoms with van der Waals surface area (Å²) in [6, 6.07) is 10.6. The highest BCUT2D eigenvalue weighted by Crippen LogP contribution is 2.33. The molecule has 0 spiro atoms. The number of aliphatic hydroxyl groups is 1. The van der Waals surface area contributed by atoms with E-state index in [1.807, 2.05) is 18.2 Å². The highest BCUT2D eigenvalue weighted by Gasteiger charge is 2.37. The summed E-state index contributed by atoms with van der Waals surface area (Å²) in [4.78, 5) is 2.43. The molecule has 1 aromatic carbocycles. The van der Waals surface area contributed by atoms with Gasteiger partial charge < -0.3 is 14.3 Å². The molecular formula is C18H23NO3. The van der Waals surface area contributed by atoms with Crippen molar-refractivity contribution in [1.29, 1.82) is 0 Å². The van der Waals surface area contributed by atoms with Crippen LogP contribution in [0.2, 0.25) is 0 Å². The van der Waals surface area contributed by atoms with Gasteiger partial charge in [0.25, 0.3) is 0 Å². The predicted octanol–water partition coefficient (Wildman–Crippen LogP) is 2.79. The second-order valence-electron chi connectivity index (χ2n) is 6.53. The molecule has 2 aromatic rings. The van der Waals surface area contributed by atoms with Crippen LogP contribution in [0.4, 0.5) is 0 Å². The summed E-state index contributed by atoms with van der Waals surface area (Å²) in [5.74, 6) is 1.34. The standard InChI is InChI=1S/C18H23NO3/c20-17-6-3-5-15(17)16-12-21-9-8-19(16)11-14-10-13-4-1-2-7-18(13)22-14/h1-2,4,7,10,15-17,20H,3,5-6,8-9,11-12H2/t15-,16-,17+/m0/s1. The SMILES string of the molecule is O[C@@H]1CCC[C@H]1[C@@H]1COCCN1Cc1cc2ccccc2o1. The first kappa shape index (κ1) is 14.2. The van der Waals surface area contributed by atoms with Crippen LogP contribution in [-0.2, 0) is 11.3 Å². The minimum atomic E-state index is -0.176. The Labute approximate surface area is 130 Å². The molecule has 1 aromatic heterocycles. The Morgan fingerprint density at radius 3 is 2.95 bits per heavy atom. The summed E-state index contributed by atoms with van der Waals surface area (Å²) in [5.41, 5.74) is 0.947. The number of para-hydroxylation sites is 1. The van der Waals surface area contributed by atoms with E-state index in [0.717, 1.165) is 62.3 Å². The number of hydrogen-bond donors (Lipinski definition) is 1. The number of hydrogen-bond acceptors (Lipinski definition) is 4. The Kier molecular flexibility index (Phi) is 3.90. The van der Waals surface area contributed by atoms with Crippen LogP contribution in [0.5, 0.6) is 0 Å². The van der Waals surface area contributed by atoms with Gasteiger partial charge in [-0.15, -0.1) is 0 Å². The largest absolute Gasteiger partial charge is 0.460 e. The van der Waals surface area contributed by atoms with Gasteiger partial charge in [0.1, 0.15) is 11.3 Å². The zero-order valence-corrected chi connectivity index (χ0v) is 12.8. The van der Waals surface area contributed by atoms with Gasteiger partial charge in [-0.2, -0.15) is 0 Å². The molecule has 118 valence electrons. The average Bonchev–Trinajstić information content (AvgIpc) is 3.13. The Bertz CT molecular complexity index is 605. The van der Waals surface area contributed by atoms with E-state index < -0.39 is 0 Å². The van der Waals surface area contributed by atoms with Crippen molar-refractivity contribution >= 4 is 11.0 Å². The van der Waals surface area contributed by atoms with Crippen LogP contribution in [0.15, 0.2) is 34.7 Å². The van der Waals surface area contributed by atoms with Crippen LogP contribution < -0.4 is 0 Å². The number of nitrogens with zero attached hydrogens (tertiary/aromatic N) is 1. The third kappa shape index (κ3) is 2.67. The van der Waals surface area contributed by atoms with E-state index in [2.05, 4.69) is 17.0 Å². The number of ether oxygens (including phenoxy) is 1. The summed E-state index contributed by atoms with van der Waals surface area (Å²) in [6.45, 7) is 3.19. The lowest BCUT2D eigenvalue weighted by molar-refractivity contribution is -0.0555. The summed E-state index contributed by atoms with van der Waals surface area (Å²) >= 11 is 0. The molecule has 2 aliphatic rings. The maximum absolute atomic E-state index is 10.2. The van der Waals surface area contributed by atoms with Gasteiger partial charge in [0.15, 0.2) is 0 Å². The second kappa shape index (κ2) is 6.03. The molecule has 0 bridgehead atoms. The van der Waals surface area contributed by atoms with Gasteiger partial charge in [0.2, 0.25) is 0 Å². The molecule has 1 aliphatic heterocycles. The normalized spacial score (nSPS) is 30.1. The fraction of sp³-hybridized carbons (Fsp3) is 0.556. The van der Waals surface area contributed by atoms with Gasteiger partial charge in [0, 0.05) is 23.9 Å². The second-order valence-corrected chi connectivity index (χ2v) is 6.53. The van der Waals surface area contributed by atoms with E-state index in [-0.39, 0.29) is 6.10 Å². The molecule has 0 amide bonds. The molecule has 2 heterocycles. The quantitative estimate of drug-likeness (QED) is 0.947. The summed E-state index contributed by atoms with van der Waals surface area (Å²) < 4.78 is 11.6. The highest BCUT2D eigenvalue weighted by atomic mass is 16.5. The van der Waals surface area contributed by atoms with Crippen molar-refractivity contribution in [2.24, 2.45) is 5.92 Å². The van der Waals surface area contributed by atoms with Gasteiger partial charge in [0.05, 0.1) is 25.9 Å². The van der Waals surface area contributed by atoms with E-state index in [1.54, 1.807) is 0 Å². The number of aliphatic hydroxyl groups excluding tert-OH is 1. The topological polar surface area (TPSA) is 45.8 Å². The minimum absolute atomic E-state index is 0.176. The van der Waals surface area contributed by atoms with Gasteiger partial charge in [-0.05, 0) is 25.0 Å². The van der Waals surface area contributed by atoms with Gasteiger partial charge >= 0.3 is 0 Å². The lowest BCUT2D eigenvalue weighted by Gasteiger charge is -2.39. The van der Waals surface area contributed by atoms with Gasteiger partial charge in [-0.25, -0.2) is 0 Å². The van der Waals surface area contributed by atoms with Crippen LogP contribution in [0.3, 0.4) is 0 Å². The zero-order valence-electron chi connectivity index (χ0n) is 12.8. The van der Waals surface area contributed by atoms with Crippen molar-refractivity contribution in [1.82, 2.24) is 4.90 Å². The summed E-state index contributed by atoms with van der Waals surface area (Å²) in [5, 5.41) is 11.4. The van der Waals surface area contributed by atoms with Crippen molar-refractivity contribution in [2.75, 3.05) is 19.8 Å².